The van der Waals surface area contributed by atoms with Gasteiger partial charge in [0.1, 0.15) is 5.54 Å². The van der Waals surface area contributed by atoms with Gasteiger partial charge in [-0.15, -0.1) is 0 Å². The van der Waals surface area contributed by atoms with E-state index in [0.29, 0.717) is 41.3 Å². The molecule has 2 aromatic heterocycles. The minimum atomic E-state index is -1.24. The van der Waals surface area contributed by atoms with E-state index in [9.17, 15) is 14.4 Å². The number of nitrogens with zero attached hydrogens (tertiary/aromatic N) is 3. The van der Waals surface area contributed by atoms with Crippen LogP contribution in [0.3, 0.4) is 0 Å². The van der Waals surface area contributed by atoms with Crippen LogP contribution in [0.1, 0.15) is 66.1 Å². The average Bonchev–Trinajstić information content (AvgIpc) is 3.67. The highest BCUT2D eigenvalue weighted by Gasteiger charge is 2.44. The highest BCUT2D eigenvalue weighted by atomic mass is 16.5. The topological polar surface area (TPSA) is 135 Å². The molecule has 2 aliphatic rings. The second-order valence-corrected chi connectivity index (χ2v) is 11.1. The molecule has 0 bridgehead atoms. The van der Waals surface area contributed by atoms with E-state index in [1.807, 2.05) is 28.9 Å². The third-order valence-electron chi connectivity index (χ3n) is 8.23. The Morgan fingerprint density at radius 2 is 1.84 bits per heavy atom. The van der Waals surface area contributed by atoms with Gasteiger partial charge in [-0.3, -0.25) is 9.59 Å². The summed E-state index contributed by atoms with van der Waals surface area (Å²) >= 11 is 0. The molecule has 43 heavy (non-hydrogen) atoms. The molecule has 1 saturated carbocycles. The second kappa shape index (κ2) is 12.2. The summed E-state index contributed by atoms with van der Waals surface area (Å²) in [6, 6.07) is 18.0. The third-order valence-corrected chi connectivity index (χ3v) is 8.23. The van der Waals surface area contributed by atoms with Crippen molar-refractivity contribution in [3.05, 3.63) is 89.8 Å². The predicted molar refractivity (Wildman–Crippen MR) is 162 cm³/mol. The SMILES string of the molecule is O=C(O)/C=C/c1ccc(NC(=O)[C@]2(NC(=O)c3ccc4c(C5CCCCC5)n(-c5ccccn5)nc4c3)CCOC2)cc1. The van der Waals surface area contributed by atoms with E-state index in [-0.39, 0.29) is 18.4 Å². The number of fused-ring (bicyclic) bond motifs is 1. The first-order chi connectivity index (χ1) is 20.9. The van der Waals surface area contributed by atoms with E-state index >= 15 is 0 Å². The van der Waals surface area contributed by atoms with Crippen molar-refractivity contribution in [1.29, 1.82) is 0 Å². The molecule has 2 aromatic carbocycles. The molecule has 0 radical (unpaired) electrons. The molecule has 1 aliphatic carbocycles. The predicted octanol–water partition coefficient (Wildman–Crippen LogP) is 5.09. The van der Waals surface area contributed by atoms with Gasteiger partial charge < -0.3 is 20.5 Å². The van der Waals surface area contributed by atoms with Gasteiger partial charge in [0.2, 0.25) is 0 Å². The number of aliphatic carboxylic acids is 1. The minimum absolute atomic E-state index is 0.0480. The number of rotatable bonds is 8. The van der Waals surface area contributed by atoms with Crippen molar-refractivity contribution in [3.63, 3.8) is 0 Å². The largest absolute Gasteiger partial charge is 0.478 e. The van der Waals surface area contributed by atoms with E-state index in [0.717, 1.165) is 35.8 Å². The van der Waals surface area contributed by atoms with Crippen LogP contribution in [0.25, 0.3) is 22.8 Å². The lowest BCUT2D eigenvalue weighted by molar-refractivity contribution is -0.131. The van der Waals surface area contributed by atoms with Crippen LogP contribution < -0.4 is 10.6 Å². The van der Waals surface area contributed by atoms with Gasteiger partial charge >= 0.3 is 5.97 Å². The number of anilines is 1. The standard InChI is InChI=1S/C33H33N5O5/c39-29(40)16-11-22-9-13-25(14-10-22)35-32(42)33(17-19-43-21-33)36-31(41)24-12-15-26-27(20-24)37-38(28-8-4-5-18-34-28)30(26)23-6-2-1-3-7-23/h4-5,8-16,18,20,23H,1-3,6-7,17,19,21H2,(H,35,42)(H,36,41)(H,39,40)/b16-11+/t33-/m0/s1. The van der Waals surface area contributed by atoms with Gasteiger partial charge in [0, 0.05) is 47.9 Å². The lowest BCUT2D eigenvalue weighted by Gasteiger charge is -2.27. The molecule has 2 amide bonds. The number of amides is 2. The van der Waals surface area contributed by atoms with Crippen LogP contribution in [0.5, 0.6) is 0 Å². The first-order valence-electron chi connectivity index (χ1n) is 14.6. The van der Waals surface area contributed by atoms with E-state index < -0.39 is 11.5 Å². The highest BCUT2D eigenvalue weighted by Crippen LogP contribution is 2.37. The quantitative estimate of drug-likeness (QED) is 0.247. The fourth-order valence-corrected chi connectivity index (χ4v) is 5.96. The summed E-state index contributed by atoms with van der Waals surface area (Å²) in [5.74, 6) is -0.697. The summed E-state index contributed by atoms with van der Waals surface area (Å²) in [4.78, 5) is 42.4. The summed E-state index contributed by atoms with van der Waals surface area (Å²) in [5.41, 5.74) is 2.20. The molecule has 6 rings (SSSR count). The van der Waals surface area contributed by atoms with Gasteiger partial charge in [0.05, 0.1) is 17.8 Å². The van der Waals surface area contributed by atoms with Gasteiger partial charge in [0.25, 0.3) is 11.8 Å². The summed E-state index contributed by atoms with van der Waals surface area (Å²) in [5, 5.41) is 20.6. The maximum atomic E-state index is 13.6. The second-order valence-electron chi connectivity index (χ2n) is 11.1. The Bertz CT molecular complexity index is 1670. The number of carbonyl (C=O) groups excluding carboxylic acids is 2. The number of carboxylic acid groups (broad SMARTS) is 1. The molecule has 1 saturated heterocycles. The number of hydrogen-bond acceptors (Lipinski definition) is 6. The minimum Gasteiger partial charge on any atom is -0.478 e. The number of ether oxygens (including phenoxy) is 1. The number of benzene rings is 2. The fraction of sp³-hybridized carbons (Fsp3) is 0.303. The average molecular weight is 580 g/mol. The number of nitrogens with one attached hydrogen (secondary N) is 2. The van der Waals surface area contributed by atoms with E-state index in [2.05, 4.69) is 15.6 Å². The maximum absolute atomic E-state index is 13.6. The van der Waals surface area contributed by atoms with Crippen molar-refractivity contribution in [1.82, 2.24) is 20.1 Å². The molecule has 1 atom stereocenters. The molecule has 1 aliphatic heterocycles. The fourth-order valence-electron chi connectivity index (χ4n) is 5.96. The van der Waals surface area contributed by atoms with Crippen molar-refractivity contribution < 1.29 is 24.2 Å². The zero-order valence-corrected chi connectivity index (χ0v) is 23.7. The van der Waals surface area contributed by atoms with E-state index in [1.54, 1.807) is 42.6 Å². The Morgan fingerprint density at radius 3 is 2.53 bits per heavy atom. The normalized spacial score (nSPS) is 19.1. The Morgan fingerprint density at radius 1 is 1.02 bits per heavy atom. The number of carbonyl (C=O) groups is 3. The van der Waals surface area contributed by atoms with E-state index in [1.165, 1.54) is 25.3 Å². The lowest BCUT2D eigenvalue weighted by Crippen LogP contribution is -2.57. The molecule has 0 spiro atoms. The summed E-state index contributed by atoms with van der Waals surface area (Å²) in [6.07, 6.45) is 10.4. The number of aromatic nitrogens is 3. The number of hydrogen-bond donors (Lipinski definition) is 3. The molecule has 10 nitrogen and oxygen atoms in total. The van der Waals surface area contributed by atoms with Crippen molar-refractivity contribution in [2.75, 3.05) is 18.5 Å². The molecular formula is C33H33N5O5. The number of pyridine rings is 1. The first-order valence-corrected chi connectivity index (χ1v) is 14.6. The van der Waals surface area contributed by atoms with Gasteiger partial charge in [0.15, 0.2) is 5.82 Å². The van der Waals surface area contributed by atoms with Crippen LogP contribution in [0.4, 0.5) is 5.69 Å². The Labute approximate surface area is 248 Å². The van der Waals surface area contributed by atoms with E-state index in [4.69, 9.17) is 14.9 Å². The summed E-state index contributed by atoms with van der Waals surface area (Å²) in [6.45, 7) is 0.386. The molecule has 3 heterocycles. The van der Waals surface area contributed by atoms with Crippen molar-refractivity contribution in [2.24, 2.45) is 0 Å². The Kier molecular flexibility index (Phi) is 8.02. The Hall–Kier alpha value is -4.83. The zero-order chi connectivity index (χ0) is 29.8. The first kappa shape index (κ1) is 28.3. The van der Waals surface area contributed by atoms with Gasteiger partial charge in [-0.2, -0.15) is 5.10 Å². The van der Waals surface area contributed by atoms with Crippen LogP contribution in [-0.4, -0.2) is 56.4 Å². The van der Waals surface area contributed by atoms with Gasteiger partial charge in [-0.1, -0.05) is 43.5 Å². The smallest absolute Gasteiger partial charge is 0.328 e. The van der Waals surface area contributed by atoms with Crippen molar-refractivity contribution >= 4 is 40.4 Å². The molecule has 4 aromatic rings. The molecule has 220 valence electrons. The van der Waals surface area contributed by atoms with Crippen molar-refractivity contribution in [3.8, 4) is 5.82 Å². The molecule has 0 unspecified atom stereocenters. The van der Waals surface area contributed by atoms with Crippen molar-refractivity contribution in [2.45, 2.75) is 50.0 Å². The zero-order valence-electron chi connectivity index (χ0n) is 23.7. The monoisotopic (exact) mass is 579 g/mol. The highest BCUT2D eigenvalue weighted by molar-refractivity contribution is 6.05. The lowest BCUT2D eigenvalue weighted by atomic mass is 9.85. The summed E-state index contributed by atoms with van der Waals surface area (Å²) < 4.78 is 7.49. The molecule has 10 heteroatoms. The van der Waals surface area contributed by atoms with Crippen LogP contribution in [0.2, 0.25) is 0 Å². The van der Waals surface area contributed by atoms with Gasteiger partial charge in [-0.05, 0) is 60.9 Å². The maximum Gasteiger partial charge on any atom is 0.328 e. The molecular weight excluding hydrogens is 546 g/mol. The molecule has 2 fully saturated rings. The van der Waals surface area contributed by atoms with Crippen LogP contribution >= 0.6 is 0 Å². The van der Waals surface area contributed by atoms with Crippen LogP contribution in [0, 0.1) is 0 Å². The summed E-state index contributed by atoms with van der Waals surface area (Å²) in [7, 11) is 0. The molecule has 3 N–H and O–H groups in total. The Balaban J connectivity index is 1.24. The van der Waals surface area contributed by atoms with Crippen LogP contribution in [0.15, 0.2) is 72.9 Å². The third kappa shape index (κ3) is 6.05. The van der Waals surface area contributed by atoms with Crippen LogP contribution in [-0.2, 0) is 14.3 Å². The number of carboxylic acids is 1. The van der Waals surface area contributed by atoms with Gasteiger partial charge in [-0.25, -0.2) is 14.5 Å².